The predicted octanol–water partition coefficient (Wildman–Crippen LogP) is 2.66. The Bertz CT molecular complexity index is 823. The van der Waals surface area contributed by atoms with Crippen molar-refractivity contribution in [3.8, 4) is 5.75 Å². The zero-order valence-corrected chi connectivity index (χ0v) is 14.7. The molecule has 0 aromatic heterocycles. The zero-order valence-electron chi connectivity index (χ0n) is 14.7. The van der Waals surface area contributed by atoms with Crippen LogP contribution < -0.4 is 15.4 Å². The number of benzene rings is 2. The van der Waals surface area contributed by atoms with Crippen molar-refractivity contribution in [1.29, 1.82) is 0 Å². The van der Waals surface area contributed by atoms with Crippen molar-refractivity contribution in [3.63, 3.8) is 0 Å². The van der Waals surface area contributed by atoms with E-state index in [-0.39, 0.29) is 23.3 Å². The molecule has 1 heterocycles. The summed E-state index contributed by atoms with van der Waals surface area (Å²) in [5.41, 5.74) is 2.13. The van der Waals surface area contributed by atoms with Gasteiger partial charge in [-0.05, 0) is 24.6 Å². The molecule has 0 radical (unpaired) electrons. The van der Waals surface area contributed by atoms with E-state index >= 15 is 0 Å². The van der Waals surface area contributed by atoms with Gasteiger partial charge in [-0.15, -0.1) is 0 Å². The molecule has 6 heteroatoms. The minimum atomic E-state index is -0.736. The van der Waals surface area contributed by atoms with E-state index < -0.39 is 12.8 Å². The van der Waals surface area contributed by atoms with Crippen molar-refractivity contribution in [2.24, 2.45) is 0 Å². The maximum absolute atomic E-state index is 13.7. The second kappa shape index (κ2) is 7.56. The Morgan fingerprint density at radius 1 is 1.15 bits per heavy atom. The van der Waals surface area contributed by atoms with Crippen LogP contribution in [0.4, 0.5) is 4.39 Å². The molecule has 5 nitrogen and oxygen atoms in total. The number of amides is 2. The molecular weight excluding hydrogens is 335 g/mol. The Morgan fingerprint density at radius 3 is 2.50 bits per heavy atom. The van der Waals surface area contributed by atoms with Gasteiger partial charge in [-0.3, -0.25) is 9.59 Å². The Labute approximate surface area is 151 Å². The summed E-state index contributed by atoms with van der Waals surface area (Å²) in [6, 6.07) is 12.6. The van der Waals surface area contributed by atoms with E-state index in [1.54, 1.807) is 6.07 Å². The number of halogens is 1. The third kappa shape index (κ3) is 3.14. The summed E-state index contributed by atoms with van der Waals surface area (Å²) in [7, 11) is 1.50. The first-order valence-corrected chi connectivity index (χ1v) is 8.56. The second-order valence-electron chi connectivity index (χ2n) is 6.08. The Hall–Kier alpha value is -2.89. The number of carbonyl (C=O) groups is 2. The molecule has 0 saturated heterocycles. The number of alkyl halides is 1. The number of ether oxygens (including phenoxy) is 1. The summed E-state index contributed by atoms with van der Waals surface area (Å²) < 4.78 is 19.5. The van der Waals surface area contributed by atoms with Crippen LogP contribution in [0.3, 0.4) is 0 Å². The average molecular weight is 356 g/mol. The molecule has 3 rings (SSSR count). The molecule has 0 fully saturated rings. The number of nitrogens with one attached hydrogen (secondary N) is 2. The minimum absolute atomic E-state index is 0.239. The van der Waals surface area contributed by atoms with Gasteiger partial charge in [0.15, 0.2) is 0 Å². The number of hydrogen-bond acceptors (Lipinski definition) is 3. The van der Waals surface area contributed by atoms with E-state index in [1.165, 1.54) is 13.1 Å². The standard InChI is InChI=1S/C20H21FN2O3/c1-3-23-19(24)13-9-14-17(12-7-5-4-6-8-12)16(11-21)26-18(14)15(10-13)20(25)22-2/h4-10,16-17H,3,11H2,1-2H3,(H,22,25)(H,23,24)/t16-,17+/m1/s1. The van der Waals surface area contributed by atoms with E-state index in [2.05, 4.69) is 10.6 Å². The van der Waals surface area contributed by atoms with E-state index in [4.69, 9.17) is 4.74 Å². The van der Waals surface area contributed by atoms with Crippen LogP contribution in [0, 0.1) is 0 Å². The van der Waals surface area contributed by atoms with Crippen molar-refractivity contribution in [2.75, 3.05) is 20.3 Å². The van der Waals surface area contributed by atoms with Gasteiger partial charge < -0.3 is 15.4 Å². The monoisotopic (exact) mass is 356 g/mol. The molecule has 0 spiro atoms. The lowest BCUT2D eigenvalue weighted by molar-refractivity contribution is 0.0955. The lowest BCUT2D eigenvalue weighted by Crippen LogP contribution is -2.24. The first kappa shape index (κ1) is 17.9. The second-order valence-corrected chi connectivity index (χ2v) is 6.08. The highest BCUT2D eigenvalue weighted by molar-refractivity contribution is 6.02. The lowest BCUT2D eigenvalue weighted by atomic mass is 9.86. The van der Waals surface area contributed by atoms with Crippen LogP contribution >= 0.6 is 0 Å². The molecule has 1 aliphatic heterocycles. The molecular formula is C20H21FN2O3. The Balaban J connectivity index is 2.18. The third-order valence-corrected chi connectivity index (χ3v) is 4.48. The quantitative estimate of drug-likeness (QED) is 0.866. The maximum Gasteiger partial charge on any atom is 0.254 e. The first-order valence-electron chi connectivity index (χ1n) is 8.56. The molecule has 2 aromatic rings. The Morgan fingerprint density at radius 2 is 1.88 bits per heavy atom. The molecule has 0 aliphatic carbocycles. The van der Waals surface area contributed by atoms with Gasteiger partial charge in [0.2, 0.25) is 0 Å². The number of fused-ring (bicyclic) bond motifs is 1. The normalized spacial score (nSPS) is 18.0. The molecule has 26 heavy (non-hydrogen) atoms. The van der Waals surface area contributed by atoms with E-state index in [0.717, 1.165) is 5.56 Å². The van der Waals surface area contributed by atoms with Crippen molar-refractivity contribution in [1.82, 2.24) is 10.6 Å². The van der Waals surface area contributed by atoms with Crippen molar-refractivity contribution >= 4 is 11.8 Å². The van der Waals surface area contributed by atoms with Gasteiger partial charge in [0.1, 0.15) is 18.5 Å². The van der Waals surface area contributed by atoms with Crippen LogP contribution in [0.5, 0.6) is 5.75 Å². The van der Waals surface area contributed by atoms with Gasteiger partial charge in [-0.1, -0.05) is 30.3 Å². The van der Waals surface area contributed by atoms with Crippen LogP contribution in [0.15, 0.2) is 42.5 Å². The molecule has 2 aromatic carbocycles. The predicted molar refractivity (Wildman–Crippen MR) is 96.5 cm³/mol. The average Bonchev–Trinajstić information content (AvgIpc) is 3.06. The molecule has 2 amide bonds. The summed E-state index contributed by atoms with van der Waals surface area (Å²) in [6.45, 7) is 1.59. The highest BCUT2D eigenvalue weighted by atomic mass is 19.1. The zero-order chi connectivity index (χ0) is 18.7. The van der Waals surface area contributed by atoms with Gasteiger partial charge in [0.25, 0.3) is 11.8 Å². The van der Waals surface area contributed by atoms with Gasteiger partial charge in [-0.25, -0.2) is 4.39 Å². The summed E-state index contributed by atoms with van der Waals surface area (Å²) in [4.78, 5) is 24.7. The summed E-state index contributed by atoms with van der Waals surface area (Å²) in [5.74, 6) is -0.697. The van der Waals surface area contributed by atoms with Crippen LogP contribution in [0.25, 0.3) is 0 Å². The highest BCUT2D eigenvalue weighted by Crippen LogP contribution is 2.45. The van der Waals surface area contributed by atoms with Crippen LogP contribution in [-0.2, 0) is 0 Å². The summed E-state index contributed by atoms with van der Waals surface area (Å²) >= 11 is 0. The molecule has 2 atom stereocenters. The van der Waals surface area contributed by atoms with Gasteiger partial charge in [0.05, 0.1) is 11.5 Å². The third-order valence-electron chi connectivity index (χ3n) is 4.48. The summed E-state index contributed by atoms with van der Waals surface area (Å²) in [5, 5.41) is 5.28. The maximum atomic E-state index is 13.7. The van der Waals surface area contributed by atoms with Crippen LogP contribution in [0.1, 0.15) is 44.7 Å². The lowest BCUT2D eigenvalue weighted by Gasteiger charge is -2.16. The largest absolute Gasteiger partial charge is 0.486 e. The van der Waals surface area contributed by atoms with Gasteiger partial charge in [-0.2, -0.15) is 0 Å². The van der Waals surface area contributed by atoms with E-state index in [0.29, 0.717) is 23.4 Å². The van der Waals surface area contributed by atoms with Crippen molar-refractivity contribution in [2.45, 2.75) is 18.9 Å². The fourth-order valence-corrected chi connectivity index (χ4v) is 3.31. The first-order chi connectivity index (χ1) is 12.6. The number of rotatable bonds is 5. The smallest absolute Gasteiger partial charge is 0.254 e. The molecule has 2 N–H and O–H groups in total. The minimum Gasteiger partial charge on any atom is -0.486 e. The number of carbonyl (C=O) groups excluding carboxylic acids is 2. The van der Waals surface area contributed by atoms with Gasteiger partial charge >= 0.3 is 0 Å². The fourth-order valence-electron chi connectivity index (χ4n) is 3.31. The number of hydrogen-bond donors (Lipinski definition) is 2. The van der Waals surface area contributed by atoms with E-state index in [9.17, 15) is 14.0 Å². The Kier molecular flexibility index (Phi) is 5.21. The molecule has 0 saturated carbocycles. The van der Waals surface area contributed by atoms with E-state index in [1.807, 2.05) is 37.3 Å². The van der Waals surface area contributed by atoms with Crippen LogP contribution in [-0.4, -0.2) is 38.2 Å². The fraction of sp³-hybridized carbons (Fsp3) is 0.300. The van der Waals surface area contributed by atoms with Crippen molar-refractivity contribution < 1.29 is 18.7 Å². The van der Waals surface area contributed by atoms with Gasteiger partial charge in [0, 0.05) is 24.7 Å². The van der Waals surface area contributed by atoms with Crippen molar-refractivity contribution in [3.05, 3.63) is 64.7 Å². The van der Waals surface area contributed by atoms with Crippen LogP contribution in [0.2, 0.25) is 0 Å². The summed E-state index contributed by atoms with van der Waals surface area (Å²) in [6.07, 6.45) is -0.736. The molecule has 0 unspecified atom stereocenters. The topological polar surface area (TPSA) is 67.4 Å². The molecule has 136 valence electrons. The highest BCUT2D eigenvalue weighted by Gasteiger charge is 2.39. The SMILES string of the molecule is CCNC(=O)c1cc(C(=O)NC)c2c(c1)[C@H](c1ccccc1)[C@@H](CF)O2. The molecule has 0 bridgehead atoms. The molecule has 1 aliphatic rings.